The first-order valence-corrected chi connectivity index (χ1v) is 9.91. The van der Waals surface area contributed by atoms with Crippen LogP contribution in [0.25, 0.3) is 5.57 Å². The molecule has 6 nitrogen and oxygen atoms in total. The lowest BCUT2D eigenvalue weighted by atomic mass is 10.0. The first-order valence-electron chi connectivity index (χ1n) is 9.91. The highest BCUT2D eigenvalue weighted by Crippen LogP contribution is 2.33. The Morgan fingerprint density at radius 1 is 0.844 bits per heavy atom. The van der Waals surface area contributed by atoms with Gasteiger partial charge in [0.15, 0.2) is 0 Å². The van der Waals surface area contributed by atoms with Crippen molar-refractivity contribution in [1.29, 1.82) is 0 Å². The van der Waals surface area contributed by atoms with E-state index in [0.717, 1.165) is 4.90 Å². The van der Waals surface area contributed by atoms with Crippen LogP contribution in [0.5, 0.6) is 11.5 Å². The third-order valence-corrected chi connectivity index (χ3v) is 5.18. The summed E-state index contributed by atoms with van der Waals surface area (Å²) in [5, 5.41) is 3.07. The Hall–Kier alpha value is -4.13. The predicted octanol–water partition coefficient (Wildman–Crippen LogP) is 4.24. The number of ether oxygens (including phenoxy) is 2. The van der Waals surface area contributed by atoms with E-state index in [9.17, 15) is 14.0 Å². The molecule has 7 heteroatoms. The molecule has 0 bridgehead atoms. The summed E-state index contributed by atoms with van der Waals surface area (Å²) in [4.78, 5) is 27.9. The number of halogens is 1. The molecule has 1 N–H and O–H groups in total. The van der Waals surface area contributed by atoms with Crippen LogP contribution in [0.3, 0.4) is 0 Å². The van der Waals surface area contributed by atoms with Gasteiger partial charge in [0, 0.05) is 11.3 Å². The van der Waals surface area contributed by atoms with Crippen LogP contribution in [0.15, 0.2) is 78.5 Å². The lowest BCUT2D eigenvalue weighted by molar-refractivity contribution is -0.137. The van der Waals surface area contributed by atoms with E-state index in [0.29, 0.717) is 28.3 Å². The van der Waals surface area contributed by atoms with E-state index in [-0.39, 0.29) is 17.8 Å². The van der Waals surface area contributed by atoms with Crippen molar-refractivity contribution in [2.75, 3.05) is 19.5 Å². The summed E-state index contributed by atoms with van der Waals surface area (Å²) in [6.07, 6.45) is 0. The summed E-state index contributed by atoms with van der Waals surface area (Å²) in [7, 11) is 3.10. The van der Waals surface area contributed by atoms with E-state index in [4.69, 9.17) is 9.47 Å². The third-order valence-electron chi connectivity index (χ3n) is 5.18. The second-order valence-electron chi connectivity index (χ2n) is 7.12. The number of para-hydroxylation sites is 1. The first kappa shape index (κ1) is 21.1. The lowest BCUT2D eigenvalue weighted by Crippen LogP contribution is -2.32. The van der Waals surface area contributed by atoms with Crippen LogP contribution < -0.4 is 14.8 Å². The minimum atomic E-state index is -0.476. The van der Waals surface area contributed by atoms with Gasteiger partial charge in [-0.3, -0.25) is 14.5 Å². The summed E-state index contributed by atoms with van der Waals surface area (Å²) >= 11 is 0. The average Bonchev–Trinajstić information content (AvgIpc) is 3.04. The second-order valence-corrected chi connectivity index (χ2v) is 7.12. The number of hydrogen-bond donors (Lipinski definition) is 1. The molecular formula is C25H21FN2O4. The van der Waals surface area contributed by atoms with E-state index in [1.165, 1.54) is 31.4 Å². The largest absolute Gasteiger partial charge is 0.497 e. The molecule has 0 atom stereocenters. The molecule has 1 heterocycles. The van der Waals surface area contributed by atoms with Crippen molar-refractivity contribution in [3.8, 4) is 11.5 Å². The minimum Gasteiger partial charge on any atom is -0.497 e. The average molecular weight is 432 g/mol. The molecule has 3 aromatic carbocycles. The molecule has 0 aliphatic carbocycles. The number of carbonyl (C=O) groups excluding carboxylic acids is 2. The Bertz CT molecular complexity index is 1190. The number of amides is 2. The molecule has 2 amide bonds. The molecule has 0 saturated heterocycles. The van der Waals surface area contributed by atoms with Crippen molar-refractivity contribution in [2.45, 2.75) is 6.54 Å². The second kappa shape index (κ2) is 8.93. The number of methoxy groups -OCH3 is 2. The van der Waals surface area contributed by atoms with Gasteiger partial charge in [-0.25, -0.2) is 4.39 Å². The number of benzene rings is 3. The molecule has 1 aliphatic heterocycles. The smallest absolute Gasteiger partial charge is 0.278 e. The van der Waals surface area contributed by atoms with Crippen LogP contribution in [0.1, 0.15) is 11.1 Å². The number of rotatable bonds is 7. The zero-order chi connectivity index (χ0) is 22.7. The highest BCUT2D eigenvalue weighted by atomic mass is 19.1. The van der Waals surface area contributed by atoms with Crippen LogP contribution in [-0.2, 0) is 16.1 Å². The van der Waals surface area contributed by atoms with Gasteiger partial charge in [-0.2, -0.15) is 0 Å². The van der Waals surface area contributed by atoms with Gasteiger partial charge in [0.2, 0.25) is 0 Å². The van der Waals surface area contributed by atoms with Crippen LogP contribution in [0.2, 0.25) is 0 Å². The van der Waals surface area contributed by atoms with Gasteiger partial charge >= 0.3 is 0 Å². The maximum Gasteiger partial charge on any atom is 0.278 e. The SMILES string of the molecule is COc1ccc(NC2=C(c3ccc(F)cc3)C(=O)N(Cc3ccccc3OC)C2=O)cc1. The quantitative estimate of drug-likeness (QED) is 0.566. The number of imide groups is 1. The van der Waals surface area contributed by atoms with Crippen LogP contribution >= 0.6 is 0 Å². The lowest BCUT2D eigenvalue weighted by Gasteiger charge is -2.17. The molecule has 32 heavy (non-hydrogen) atoms. The predicted molar refractivity (Wildman–Crippen MR) is 118 cm³/mol. The molecule has 3 aromatic rings. The standard InChI is InChI=1S/C25H21FN2O4/c1-31-20-13-11-19(12-14-20)27-23-22(16-7-9-18(26)10-8-16)24(29)28(25(23)30)15-17-5-3-4-6-21(17)32-2/h3-14,27H,15H2,1-2H3. The number of nitrogens with one attached hydrogen (secondary N) is 1. The first-order chi connectivity index (χ1) is 15.5. The van der Waals surface area contributed by atoms with Gasteiger partial charge in [0.1, 0.15) is 23.0 Å². The van der Waals surface area contributed by atoms with Gasteiger partial charge < -0.3 is 14.8 Å². The number of hydrogen-bond acceptors (Lipinski definition) is 5. The van der Waals surface area contributed by atoms with Crippen molar-refractivity contribution in [3.05, 3.63) is 95.4 Å². The zero-order valence-corrected chi connectivity index (χ0v) is 17.6. The molecule has 162 valence electrons. The molecular weight excluding hydrogens is 411 g/mol. The van der Waals surface area contributed by atoms with Crippen molar-refractivity contribution in [3.63, 3.8) is 0 Å². The van der Waals surface area contributed by atoms with Crippen molar-refractivity contribution in [2.24, 2.45) is 0 Å². The summed E-state index contributed by atoms with van der Waals surface area (Å²) in [6, 6.07) is 19.7. The maximum absolute atomic E-state index is 13.5. The number of anilines is 1. The number of nitrogens with zero attached hydrogens (tertiary/aromatic N) is 1. The molecule has 0 aromatic heterocycles. The molecule has 0 unspecified atom stereocenters. The van der Waals surface area contributed by atoms with Crippen molar-refractivity contribution in [1.82, 2.24) is 4.90 Å². The Balaban J connectivity index is 1.73. The molecule has 0 saturated carbocycles. The van der Waals surface area contributed by atoms with Gasteiger partial charge in [-0.15, -0.1) is 0 Å². The summed E-state index contributed by atoms with van der Waals surface area (Å²) in [5.74, 6) is -0.135. The number of carbonyl (C=O) groups is 2. The summed E-state index contributed by atoms with van der Waals surface area (Å²) in [5.41, 5.74) is 2.06. The van der Waals surface area contributed by atoms with Crippen molar-refractivity contribution >= 4 is 23.1 Å². The highest BCUT2D eigenvalue weighted by molar-refractivity contribution is 6.36. The van der Waals surface area contributed by atoms with Crippen LogP contribution in [-0.4, -0.2) is 30.9 Å². The van der Waals surface area contributed by atoms with Gasteiger partial charge in [0.05, 0.1) is 26.3 Å². The van der Waals surface area contributed by atoms with E-state index in [2.05, 4.69) is 5.32 Å². The van der Waals surface area contributed by atoms with Gasteiger partial charge in [-0.1, -0.05) is 30.3 Å². The molecule has 4 rings (SSSR count). The minimum absolute atomic E-state index is 0.0418. The fourth-order valence-electron chi connectivity index (χ4n) is 3.54. The van der Waals surface area contributed by atoms with Gasteiger partial charge in [-0.05, 0) is 48.0 Å². The highest BCUT2D eigenvalue weighted by Gasteiger charge is 2.39. The molecule has 0 fully saturated rings. The molecule has 1 aliphatic rings. The fourth-order valence-corrected chi connectivity index (χ4v) is 3.54. The van der Waals surface area contributed by atoms with Crippen LogP contribution in [0.4, 0.5) is 10.1 Å². The van der Waals surface area contributed by atoms with Crippen LogP contribution in [0, 0.1) is 5.82 Å². The molecule has 0 radical (unpaired) electrons. The van der Waals surface area contributed by atoms with E-state index in [1.807, 2.05) is 12.1 Å². The summed E-state index contributed by atoms with van der Waals surface area (Å²) in [6.45, 7) is 0.0418. The van der Waals surface area contributed by atoms with E-state index >= 15 is 0 Å². The monoisotopic (exact) mass is 432 g/mol. The normalized spacial score (nSPS) is 13.5. The topological polar surface area (TPSA) is 67.9 Å². The zero-order valence-electron chi connectivity index (χ0n) is 17.6. The van der Waals surface area contributed by atoms with Gasteiger partial charge in [0.25, 0.3) is 11.8 Å². The van der Waals surface area contributed by atoms with E-state index in [1.54, 1.807) is 43.5 Å². The Labute approximate surface area is 184 Å². The Morgan fingerprint density at radius 2 is 1.53 bits per heavy atom. The van der Waals surface area contributed by atoms with E-state index < -0.39 is 17.6 Å². The maximum atomic E-state index is 13.5. The fraction of sp³-hybridized carbons (Fsp3) is 0.120. The molecule has 0 spiro atoms. The Kier molecular flexibility index (Phi) is 5.89. The Morgan fingerprint density at radius 3 is 2.19 bits per heavy atom. The van der Waals surface area contributed by atoms with Crippen molar-refractivity contribution < 1.29 is 23.5 Å². The third kappa shape index (κ3) is 4.05. The summed E-state index contributed by atoms with van der Waals surface area (Å²) < 4.78 is 24.0.